The van der Waals surface area contributed by atoms with Gasteiger partial charge in [-0.1, -0.05) is 73.4 Å². The van der Waals surface area contributed by atoms with E-state index in [1.807, 2.05) is 53.5 Å². The summed E-state index contributed by atoms with van der Waals surface area (Å²) in [6.07, 6.45) is 8.94. The highest BCUT2D eigenvalue weighted by Crippen LogP contribution is 2.31. The SMILES string of the molecule is CC1CCN(C(=O)CCCN2C(=O)C(=CC=Cc3ccccc3)SC2=S)CC1. The Hall–Kier alpha value is -1.92. The maximum absolute atomic E-state index is 12.6. The standard InChI is InChI=1S/C22H26N2O2S2/c1-17-12-15-23(16-13-17)20(25)11-6-14-24-21(26)19(28-22(24)27)10-5-9-18-7-3-2-4-8-18/h2-5,7-10,17H,6,11-16H2,1H3. The van der Waals surface area contributed by atoms with Gasteiger partial charge in [0.1, 0.15) is 4.32 Å². The van der Waals surface area contributed by atoms with Gasteiger partial charge in [-0.3, -0.25) is 14.5 Å². The average molecular weight is 415 g/mol. The van der Waals surface area contributed by atoms with Gasteiger partial charge in [0.25, 0.3) is 5.91 Å². The molecule has 1 aromatic carbocycles. The second-order valence-corrected chi connectivity index (χ2v) is 8.97. The second kappa shape index (κ2) is 10.0. The molecular formula is C22H26N2O2S2. The molecule has 2 fully saturated rings. The zero-order chi connectivity index (χ0) is 19.9. The van der Waals surface area contributed by atoms with Gasteiger partial charge in [0.05, 0.1) is 4.91 Å². The van der Waals surface area contributed by atoms with Crippen molar-refractivity contribution >= 4 is 46.2 Å². The molecule has 1 aromatic rings. The quantitative estimate of drug-likeness (QED) is 0.508. The van der Waals surface area contributed by atoms with Gasteiger partial charge < -0.3 is 4.90 Å². The number of piperidine rings is 1. The fourth-order valence-corrected chi connectivity index (χ4v) is 4.58. The fourth-order valence-electron chi connectivity index (χ4n) is 3.32. The highest BCUT2D eigenvalue weighted by atomic mass is 32.2. The van der Waals surface area contributed by atoms with Gasteiger partial charge in [0.15, 0.2) is 0 Å². The third kappa shape index (κ3) is 5.55. The van der Waals surface area contributed by atoms with Gasteiger partial charge in [-0.2, -0.15) is 0 Å². The molecular weight excluding hydrogens is 388 g/mol. The molecule has 0 N–H and O–H groups in total. The molecule has 4 nitrogen and oxygen atoms in total. The lowest BCUT2D eigenvalue weighted by Gasteiger charge is -2.30. The summed E-state index contributed by atoms with van der Waals surface area (Å²) >= 11 is 6.69. The maximum Gasteiger partial charge on any atom is 0.266 e. The Balaban J connectivity index is 1.48. The number of nitrogens with zero attached hydrogens (tertiary/aromatic N) is 2. The molecule has 0 spiro atoms. The van der Waals surface area contributed by atoms with Crippen molar-refractivity contribution in [3.05, 3.63) is 53.0 Å². The third-order valence-corrected chi connectivity index (χ3v) is 6.51. The van der Waals surface area contributed by atoms with Crippen LogP contribution in [0.2, 0.25) is 0 Å². The fraction of sp³-hybridized carbons (Fsp3) is 0.409. The van der Waals surface area contributed by atoms with Crippen LogP contribution >= 0.6 is 24.0 Å². The van der Waals surface area contributed by atoms with Crippen LogP contribution in [0.4, 0.5) is 0 Å². The highest BCUT2D eigenvalue weighted by Gasteiger charge is 2.31. The number of likely N-dealkylation sites (tertiary alicyclic amines) is 1. The Bertz CT molecular complexity index is 781. The number of carbonyl (C=O) groups is 2. The summed E-state index contributed by atoms with van der Waals surface area (Å²) in [4.78, 5) is 29.1. The number of thioether (sulfide) groups is 1. The number of hydrogen-bond acceptors (Lipinski definition) is 4. The predicted molar refractivity (Wildman–Crippen MR) is 120 cm³/mol. The van der Waals surface area contributed by atoms with Gasteiger partial charge in [0.2, 0.25) is 5.91 Å². The van der Waals surface area contributed by atoms with E-state index in [0.29, 0.717) is 34.5 Å². The summed E-state index contributed by atoms with van der Waals surface area (Å²) in [7, 11) is 0. The number of benzene rings is 1. The van der Waals surface area contributed by atoms with E-state index in [0.717, 1.165) is 31.5 Å². The van der Waals surface area contributed by atoms with E-state index >= 15 is 0 Å². The van der Waals surface area contributed by atoms with E-state index in [2.05, 4.69) is 6.92 Å². The smallest absolute Gasteiger partial charge is 0.266 e. The largest absolute Gasteiger partial charge is 0.343 e. The van der Waals surface area contributed by atoms with Crippen molar-refractivity contribution in [3.63, 3.8) is 0 Å². The van der Waals surface area contributed by atoms with Gasteiger partial charge in [-0.05, 0) is 36.8 Å². The van der Waals surface area contributed by atoms with E-state index in [-0.39, 0.29) is 11.8 Å². The van der Waals surface area contributed by atoms with Crippen LogP contribution in [0.3, 0.4) is 0 Å². The van der Waals surface area contributed by atoms with Crippen molar-refractivity contribution in [2.24, 2.45) is 5.92 Å². The number of thiocarbonyl (C=S) groups is 1. The molecule has 0 aliphatic carbocycles. The van der Waals surface area contributed by atoms with Gasteiger partial charge in [0, 0.05) is 26.1 Å². The minimum atomic E-state index is -0.0630. The molecule has 0 unspecified atom stereocenters. The lowest BCUT2D eigenvalue weighted by atomic mass is 9.99. The average Bonchev–Trinajstić information content (AvgIpc) is 2.97. The first-order chi connectivity index (χ1) is 13.5. The van der Waals surface area contributed by atoms with E-state index < -0.39 is 0 Å². The van der Waals surface area contributed by atoms with Crippen molar-refractivity contribution in [3.8, 4) is 0 Å². The molecule has 2 saturated heterocycles. The minimum absolute atomic E-state index is 0.0630. The predicted octanol–water partition coefficient (Wildman–Crippen LogP) is 4.48. The Kier molecular flexibility index (Phi) is 7.45. The summed E-state index contributed by atoms with van der Waals surface area (Å²) in [6.45, 7) is 4.45. The van der Waals surface area contributed by atoms with Crippen LogP contribution in [0.15, 0.2) is 47.4 Å². The summed E-state index contributed by atoms with van der Waals surface area (Å²) in [5.41, 5.74) is 1.08. The molecule has 0 bridgehead atoms. The van der Waals surface area contributed by atoms with Crippen molar-refractivity contribution in [2.45, 2.75) is 32.6 Å². The lowest BCUT2D eigenvalue weighted by Crippen LogP contribution is -2.38. The Morgan fingerprint density at radius 3 is 2.68 bits per heavy atom. The highest BCUT2D eigenvalue weighted by molar-refractivity contribution is 8.26. The van der Waals surface area contributed by atoms with Crippen LogP contribution in [-0.2, 0) is 9.59 Å². The first-order valence-corrected chi connectivity index (χ1v) is 11.0. The summed E-state index contributed by atoms with van der Waals surface area (Å²) < 4.78 is 0.573. The Labute approximate surface area is 176 Å². The molecule has 6 heteroatoms. The molecule has 2 aliphatic heterocycles. The van der Waals surface area contributed by atoms with Gasteiger partial charge >= 0.3 is 0 Å². The van der Waals surface area contributed by atoms with Gasteiger partial charge in [-0.25, -0.2) is 0 Å². The number of allylic oxidation sites excluding steroid dienone is 2. The zero-order valence-electron chi connectivity index (χ0n) is 16.2. The Morgan fingerprint density at radius 1 is 1.25 bits per heavy atom. The second-order valence-electron chi connectivity index (χ2n) is 7.29. The molecule has 0 aromatic heterocycles. The van der Waals surface area contributed by atoms with Crippen LogP contribution in [-0.4, -0.2) is 45.6 Å². The first kappa shape index (κ1) is 20.8. The number of carbonyl (C=O) groups excluding carboxylic acids is 2. The van der Waals surface area contributed by atoms with Crippen LogP contribution in [0.1, 0.15) is 38.2 Å². The van der Waals surface area contributed by atoms with Crippen LogP contribution in [0.5, 0.6) is 0 Å². The third-order valence-electron chi connectivity index (χ3n) is 5.12. The molecule has 0 saturated carbocycles. The first-order valence-electron chi connectivity index (χ1n) is 9.79. The summed E-state index contributed by atoms with van der Waals surface area (Å²) in [5, 5.41) is 0. The summed E-state index contributed by atoms with van der Waals surface area (Å²) in [6, 6.07) is 9.94. The molecule has 3 rings (SSSR count). The number of hydrogen-bond donors (Lipinski definition) is 0. The Morgan fingerprint density at radius 2 is 1.96 bits per heavy atom. The molecule has 148 valence electrons. The topological polar surface area (TPSA) is 40.6 Å². The van der Waals surface area contributed by atoms with E-state index in [9.17, 15) is 9.59 Å². The normalized spacial score (nSPS) is 20.0. The van der Waals surface area contributed by atoms with E-state index in [4.69, 9.17) is 12.2 Å². The maximum atomic E-state index is 12.6. The monoisotopic (exact) mass is 414 g/mol. The van der Waals surface area contributed by atoms with Crippen LogP contribution in [0, 0.1) is 5.92 Å². The molecule has 2 heterocycles. The van der Waals surface area contributed by atoms with Crippen molar-refractivity contribution < 1.29 is 9.59 Å². The van der Waals surface area contributed by atoms with E-state index in [1.54, 1.807) is 4.90 Å². The zero-order valence-corrected chi connectivity index (χ0v) is 17.8. The number of rotatable bonds is 6. The van der Waals surface area contributed by atoms with Gasteiger partial charge in [-0.15, -0.1) is 0 Å². The van der Waals surface area contributed by atoms with E-state index in [1.165, 1.54) is 11.8 Å². The molecule has 28 heavy (non-hydrogen) atoms. The molecule has 0 radical (unpaired) electrons. The molecule has 2 aliphatic rings. The van der Waals surface area contributed by atoms with Crippen LogP contribution in [0.25, 0.3) is 6.08 Å². The molecule has 0 atom stereocenters. The van der Waals surface area contributed by atoms with Crippen molar-refractivity contribution in [1.29, 1.82) is 0 Å². The summed E-state index contributed by atoms with van der Waals surface area (Å²) in [5.74, 6) is 0.840. The van der Waals surface area contributed by atoms with Crippen molar-refractivity contribution in [1.82, 2.24) is 9.80 Å². The minimum Gasteiger partial charge on any atom is -0.343 e. The number of amides is 2. The van der Waals surface area contributed by atoms with Crippen LogP contribution < -0.4 is 0 Å². The lowest BCUT2D eigenvalue weighted by molar-refractivity contribution is -0.133. The van der Waals surface area contributed by atoms with Crippen molar-refractivity contribution in [2.75, 3.05) is 19.6 Å². The molecule has 2 amide bonds.